The van der Waals surface area contributed by atoms with Crippen molar-refractivity contribution >= 4 is 29.0 Å². The minimum Gasteiger partial charge on any atom is -0.462 e. The van der Waals surface area contributed by atoms with Gasteiger partial charge in [0.05, 0.1) is 12.2 Å². The van der Waals surface area contributed by atoms with Crippen LogP contribution >= 0.6 is 12.2 Å². The average molecular weight is 294 g/mol. The number of hydrogen-bond acceptors (Lipinski definition) is 3. The number of rotatable bonds is 6. The summed E-state index contributed by atoms with van der Waals surface area (Å²) in [6.07, 6.45) is 2.21. The van der Waals surface area contributed by atoms with Crippen molar-refractivity contribution in [1.82, 2.24) is 5.32 Å². The van der Waals surface area contributed by atoms with Crippen molar-refractivity contribution in [2.45, 2.75) is 33.6 Å². The summed E-state index contributed by atoms with van der Waals surface area (Å²) in [5.74, 6) is -0.300. The predicted molar refractivity (Wildman–Crippen MR) is 86.3 cm³/mol. The maximum atomic E-state index is 11.6. The highest BCUT2D eigenvalue weighted by molar-refractivity contribution is 7.80. The first kappa shape index (κ1) is 16.4. The van der Waals surface area contributed by atoms with E-state index in [1.807, 2.05) is 13.0 Å². The molecule has 1 aromatic carbocycles. The van der Waals surface area contributed by atoms with Gasteiger partial charge in [0, 0.05) is 12.2 Å². The quantitative estimate of drug-likeness (QED) is 0.479. The van der Waals surface area contributed by atoms with Gasteiger partial charge in [0.25, 0.3) is 0 Å². The molecule has 0 aliphatic carbocycles. The van der Waals surface area contributed by atoms with Crippen LogP contribution in [0.2, 0.25) is 0 Å². The van der Waals surface area contributed by atoms with Crippen molar-refractivity contribution < 1.29 is 9.53 Å². The Morgan fingerprint density at radius 2 is 2.10 bits per heavy atom. The molecular formula is C15H22N2O2S. The molecule has 0 heterocycles. The summed E-state index contributed by atoms with van der Waals surface area (Å²) in [7, 11) is 0. The first-order valence-electron chi connectivity index (χ1n) is 6.91. The normalized spacial score (nSPS) is 9.95. The van der Waals surface area contributed by atoms with Gasteiger partial charge in [-0.05, 0) is 56.2 Å². The summed E-state index contributed by atoms with van der Waals surface area (Å²) in [5, 5.41) is 6.88. The van der Waals surface area contributed by atoms with Crippen LogP contribution in [-0.2, 0) is 4.74 Å². The fraction of sp³-hybridized carbons (Fsp3) is 0.467. The van der Waals surface area contributed by atoms with Gasteiger partial charge in [-0.1, -0.05) is 13.3 Å². The lowest BCUT2D eigenvalue weighted by Gasteiger charge is -2.13. The topological polar surface area (TPSA) is 50.4 Å². The number of carbonyl (C=O) groups excluding carboxylic acids is 1. The molecule has 0 amide bonds. The average Bonchev–Trinajstić information content (AvgIpc) is 2.41. The van der Waals surface area contributed by atoms with Crippen molar-refractivity contribution in [3.63, 3.8) is 0 Å². The SMILES string of the molecule is CCCCNC(=S)Nc1ccc(C(=O)OCC)cc1C. The third-order valence-electron chi connectivity index (χ3n) is 2.80. The maximum absolute atomic E-state index is 11.6. The Bertz CT molecular complexity index is 475. The molecular weight excluding hydrogens is 272 g/mol. The summed E-state index contributed by atoms with van der Waals surface area (Å²) >= 11 is 5.22. The van der Waals surface area contributed by atoms with Crippen LogP contribution in [0, 0.1) is 6.92 Å². The third kappa shape index (κ3) is 5.17. The zero-order valence-corrected chi connectivity index (χ0v) is 13.1. The zero-order chi connectivity index (χ0) is 15.0. The van der Waals surface area contributed by atoms with E-state index < -0.39 is 0 Å². The van der Waals surface area contributed by atoms with Crippen LogP contribution in [0.15, 0.2) is 18.2 Å². The van der Waals surface area contributed by atoms with Gasteiger partial charge in [-0.3, -0.25) is 0 Å². The molecule has 0 saturated heterocycles. The number of carbonyl (C=O) groups is 1. The lowest BCUT2D eigenvalue weighted by atomic mass is 10.1. The fourth-order valence-corrected chi connectivity index (χ4v) is 1.90. The van der Waals surface area contributed by atoms with Crippen LogP contribution in [-0.4, -0.2) is 24.2 Å². The Labute approximate surface area is 125 Å². The van der Waals surface area contributed by atoms with E-state index in [1.54, 1.807) is 19.1 Å². The molecule has 4 nitrogen and oxygen atoms in total. The molecule has 1 rings (SSSR count). The van der Waals surface area contributed by atoms with E-state index in [0.29, 0.717) is 17.3 Å². The van der Waals surface area contributed by atoms with Crippen LogP contribution in [0.3, 0.4) is 0 Å². The van der Waals surface area contributed by atoms with Crippen molar-refractivity contribution in [2.24, 2.45) is 0 Å². The molecule has 0 aromatic heterocycles. The summed E-state index contributed by atoms with van der Waals surface area (Å²) in [5.41, 5.74) is 2.40. The van der Waals surface area contributed by atoms with E-state index >= 15 is 0 Å². The molecule has 0 aliphatic rings. The predicted octanol–water partition coefficient (Wildman–Crippen LogP) is 3.26. The van der Waals surface area contributed by atoms with Crippen LogP contribution in [0.25, 0.3) is 0 Å². The molecule has 0 bridgehead atoms. The number of unbranched alkanes of at least 4 members (excludes halogenated alkanes) is 1. The number of thiocarbonyl (C=S) groups is 1. The van der Waals surface area contributed by atoms with Gasteiger partial charge >= 0.3 is 5.97 Å². The lowest BCUT2D eigenvalue weighted by Crippen LogP contribution is -2.29. The second-order valence-corrected chi connectivity index (χ2v) is 4.89. The van der Waals surface area contributed by atoms with Gasteiger partial charge in [0.1, 0.15) is 0 Å². The number of aryl methyl sites for hydroxylation is 1. The lowest BCUT2D eigenvalue weighted by molar-refractivity contribution is 0.0526. The highest BCUT2D eigenvalue weighted by atomic mass is 32.1. The Morgan fingerprint density at radius 1 is 1.35 bits per heavy atom. The number of esters is 1. The molecule has 2 N–H and O–H groups in total. The first-order chi connectivity index (χ1) is 9.58. The minimum absolute atomic E-state index is 0.300. The summed E-state index contributed by atoms with van der Waals surface area (Å²) in [6.45, 7) is 7.10. The number of anilines is 1. The first-order valence-corrected chi connectivity index (χ1v) is 7.32. The Balaban J connectivity index is 2.64. The Kier molecular flexibility index (Phi) is 7.01. The van der Waals surface area contributed by atoms with Crippen molar-refractivity contribution in [1.29, 1.82) is 0 Å². The molecule has 0 unspecified atom stereocenters. The highest BCUT2D eigenvalue weighted by Crippen LogP contribution is 2.17. The van der Waals surface area contributed by atoms with Crippen LogP contribution in [0.4, 0.5) is 5.69 Å². The van der Waals surface area contributed by atoms with Gasteiger partial charge < -0.3 is 15.4 Å². The van der Waals surface area contributed by atoms with E-state index in [9.17, 15) is 4.79 Å². The van der Waals surface area contributed by atoms with Crippen LogP contribution in [0.1, 0.15) is 42.6 Å². The molecule has 0 spiro atoms. The van der Waals surface area contributed by atoms with Gasteiger partial charge in [0.2, 0.25) is 0 Å². The van der Waals surface area contributed by atoms with Crippen LogP contribution < -0.4 is 10.6 Å². The van der Waals surface area contributed by atoms with Crippen molar-refractivity contribution in [3.05, 3.63) is 29.3 Å². The number of benzene rings is 1. The molecule has 0 fully saturated rings. The minimum atomic E-state index is -0.300. The largest absolute Gasteiger partial charge is 0.462 e. The Morgan fingerprint density at radius 3 is 2.70 bits per heavy atom. The Hall–Kier alpha value is -1.62. The molecule has 5 heteroatoms. The summed E-state index contributed by atoms with van der Waals surface area (Å²) in [4.78, 5) is 11.6. The second kappa shape index (κ2) is 8.53. The van der Waals surface area contributed by atoms with E-state index in [1.165, 1.54) is 0 Å². The summed E-state index contributed by atoms with van der Waals surface area (Å²) in [6, 6.07) is 5.38. The number of ether oxygens (including phenoxy) is 1. The number of hydrogen-bond donors (Lipinski definition) is 2. The maximum Gasteiger partial charge on any atom is 0.338 e. The monoisotopic (exact) mass is 294 g/mol. The van der Waals surface area contributed by atoms with E-state index in [2.05, 4.69) is 17.6 Å². The fourth-order valence-electron chi connectivity index (χ4n) is 1.69. The van der Waals surface area contributed by atoms with Gasteiger partial charge in [0.15, 0.2) is 5.11 Å². The van der Waals surface area contributed by atoms with Gasteiger partial charge in [-0.15, -0.1) is 0 Å². The zero-order valence-electron chi connectivity index (χ0n) is 12.3. The molecule has 0 atom stereocenters. The molecule has 0 aliphatic heterocycles. The van der Waals surface area contributed by atoms with E-state index in [0.717, 1.165) is 30.6 Å². The number of nitrogens with one attached hydrogen (secondary N) is 2. The molecule has 110 valence electrons. The molecule has 0 radical (unpaired) electrons. The molecule has 20 heavy (non-hydrogen) atoms. The molecule has 1 aromatic rings. The smallest absolute Gasteiger partial charge is 0.338 e. The molecule has 0 saturated carbocycles. The third-order valence-corrected chi connectivity index (χ3v) is 3.05. The van der Waals surface area contributed by atoms with E-state index in [4.69, 9.17) is 17.0 Å². The van der Waals surface area contributed by atoms with Crippen molar-refractivity contribution in [2.75, 3.05) is 18.5 Å². The van der Waals surface area contributed by atoms with Crippen molar-refractivity contribution in [3.8, 4) is 0 Å². The van der Waals surface area contributed by atoms with Gasteiger partial charge in [-0.2, -0.15) is 0 Å². The second-order valence-electron chi connectivity index (χ2n) is 4.48. The van der Waals surface area contributed by atoms with E-state index in [-0.39, 0.29) is 5.97 Å². The summed E-state index contributed by atoms with van der Waals surface area (Å²) < 4.78 is 4.97. The standard InChI is InChI=1S/C15H22N2O2S/c1-4-6-9-16-15(20)17-13-8-7-12(10-11(13)3)14(18)19-5-2/h7-8,10H,4-6,9H2,1-3H3,(H2,16,17,20). The highest BCUT2D eigenvalue weighted by Gasteiger charge is 2.08. The van der Waals surface area contributed by atoms with Gasteiger partial charge in [-0.25, -0.2) is 4.79 Å². The van der Waals surface area contributed by atoms with Crippen LogP contribution in [0.5, 0.6) is 0 Å².